The highest BCUT2D eigenvalue weighted by atomic mass is 15.0. The van der Waals surface area contributed by atoms with Crippen LogP contribution in [0.2, 0.25) is 0 Å². The van der Waals surface area contributed by atoms with Crippen LogP contribution in [0.15, 0.2) is 12.2 Å². The van der Waals surface area contributed by atoms with Crippen molar-refractivity contribution in [3.05, 3.63) is 12.2 Å². The van der Waals surface area contributed by atoms with Crippen LogP contribution in [0.3, 0.4) is 0 Å². The first kappa shape index (κ1) is 14.7. The number of hydrogen-bond acceptors (Lipinski definition) is 1. The quantitative estimate of drug-likeness (QED) is 0.386. The largest absolute Gasteiger partial charge is 0.309 e. The SMILES string of the molecule is CC/C=C/CCCCCCCCN(C)C. The first-order chi connectivity index (χ1) is 7.27. The Bertz CT molecular complexity index is 138. The van der Waals surface area contributed by atoms with E-state index in [1.165, 1.54) is 57.9 Å². The van der Waals surface area contributed by atoms with E-state index in [0.717, 1.165) is 0 Å². The molecule has 0 radical (unpaired) electrons. The summed E-state index contributed by atoms with van der Waals surface area (Å²) in [6, 6.07) is 0. The summed E-state index contributed by atoms with van der Waals surface area (Å²) < 4.78 is 0. The molecule has 0 heterocycles. The molecule has 0 amide bonds. The van der Waals surface area contributed by atoms with Gasteiger partial charge in [0.25, 0.3) is 0 Å². The normalized spacial score (nSPS) is 11.7. The molecule has 0 N–H and O–H groups in total. The molecule has 0 unspecified atom stereocenters. The van der Waals surface area contributed by atoms with Gasteiger partial charge in [0.15, 0.2) is 0 Å². The maximum absolute atomic E-state index is 2.33. The highest BCUT2D eigenvalue weighted by Gasteiger charge is 1.92. The van der Waals surface area contributed by atoms with Crippen molar-refractivity contribution >= 4 is 0 Å². The standard InChI is InChI=1S/C14H29N/c1-4-5-6-7-8-9-10-11-12-13-14-15(2)3/h5-6H,4,7-14H2,1-3H3/b6-5+. The zero-order valence-corrected chi connectivity index (χ0v) is 11.0. The van der Waals surface area contributed by atoms with Crippen molar-refractivity contribution in [2.24, 2.45) is 0 Å². The minimum atomic E-state index is 1.19. The first-order valence-electron chi connectivity index (χ1n) is 6.57. The predicted octanol–water partition coefficient (Wildman–Crippen LogP) is 4.24. The van der Waals surface area contributed by atoms with Crippen molar-refractivity contribution < 1.29 is 0 Å². The average Bonchev–Trinajstić information content (AvgIpc) is 2.20. The molecule has 0 aromatic heterocycles. The zero-order valence-electron chi connectivity index (χ0n) is 11.0. The molecule has 0 aliphatic heterocycles. The van der Waals surface area contributed by atoms with Gasteiger partial charge in [-0.05, 0) is 46.3 Å². The van der Waals surface area contributed by atoms with E-state index >= 15 is 0 Å². The van der Waals surface area contributed by atoms with Gasteiger partial charge >= 0.3 is 0 Å². The third-order valence-electron chi connectivity index (χ3n) is 2.63. The van der Waals surface area contributed by atoms with E-state index in [1.807, 2.05) is 0 Å². The number of unbranched alkanes of at least 4 members (excludes halogenated alkanes) is 6. The second-order valence-corrected chi connectivity index (χ2v) is 4.59. The molecule has 1 nitrogen and oxygen atoms in total. The van der Waals surface area contributed by atoms with E-state index in [1.54, 1.807) is 0 Å². The van der Waals surface area contributed by atoms with E-state index < -0.39 is 0 Å². The average molecular weight is 211 g/mol. The highest BCUT2D eigenvalue weighted by molar-refractivity contribution is 4.79. The molecule has 0 bridgehead atoms. The lowest BCUT2D eigenvalue weighted by molar-refractivity contribution is 0.389. The van der Waals surface area contributed by atoms with E-state index in [0.29, 0.717) is 0 Å². The lowest BCUT2D eigenvalue weighted by Gasteiger charge is -2.08. The molecule has 0 aliphatic carbocycles. The molecule has 0 saturated carbocycles. The molecule has 90 valence electrons. The Morgan fingerprint density at radius 3 is 2.00 bits per heavy atom. The van der Waals surface area contributed by atoms with Crippen molar-refractivity contribution in [3.8, 4) is 0 Å². The van der Waals surface area contributed by atoms with E-state index in [-0.39, 0.29) is 0 Å². The van der Waals surface area contributed by atoms with Crippen molar-refractivity contribution in [1.82, 2.24) is 4.90 Å². The van der Waals surface area contributed by atoms with Crippen LogP contribution < -0.4 is 0 Å². The number of hydrogen-bond donors (Lipinski definition) is 0. The predicted molar refractivity (Wildman–Crippen MR) is 70.3 cm³/mol. The second-order valence-electron chi connectivity index (χ2n) is 4.59. The van der Waals surface area contributed by atoms with Crippen molar-refractivity contribution in [3.63, 3.8) is 0 Å². The molecule has 0 aromatic carbocycles. The molecule has 15 heavy (non-hydrogen) atoms. The Hall–Kier alpha value is -0.300. The number of allylic oxidation sites excluding steroid dienone is 2. The van der Waals surface area contributed by atoms with Gasteiger partial charge in [0.1, 0.15) is 0 Å². The fourth-order valence-electron chi connectivity index (χ4n) is 1.68. The molecular formula is C14H29N. The van der Waals surface area contributed by atoms with Gasteiger partial charge in [0.05, 0.1) is 0 Å². The van der Waals surface area contributed by atoms with Crippen LogP contribution in [0.4, 0.5) is 0 Å². The fraction of sp³-hybridized carbons (Fsp3) is 0.857. The topological polar surface area (TPSA) is 3.24 Å². The molecule has 0 atom stereocenters. The van der Waals surface area contributed by atoms with Gasteiger partial charge in [0, 0.05) is 0 Å². The van der Waals surface area contributed by atoms with E-state index in [9.17, 15) is 0 Å². The van der Waals surface area contributed by atoms with Crippen LogP contribution in [0.5, 0.6) is 0 Å². The summed E-state index contributed by atoms with van der Waals surface area (Å²) in [6.07, 6.45) is 15.5. The molecule has 0 saturated heterocycles. The molecule has 0 aliphatic rings. The Morgan fingerprint density at radius 1 is 0.800 bits per heavy atom. The van der Waals surface area contributed by atoms with Crippen LogP contribution in [0.25, 0.3) is 0 Å². The highest BCUT2D eigenvalue weighted by Crippen LogP contribution is 2.07. The van der Waals surface area contributed by atoms with Gasteiger partial charge in [-0.3, -0.25) is 0 Å². The van der Waals surface area contributed by atoms with Crippen LogP contribution in [-0.2, 0) is 0 Å². The lowest BCUT2D eigenvalue weighted by atomic mass is 10.1. The molecule has 1 heteroatoms. The number of rotatable bonds is 10. The summed E-state index contributed by atoms with van der Waals surface area (Å²) in [5, 5.41) is 0. The first-order valence-corrected chi connectivity index (χ1v) is 6.57. The Labute approximate surface area is 96.6 Å². The monoisotopic (exact) mass is 211 g/mol. The smallest absolute Gasteiger partial charge is 0.00248 e. The molecule has 0 spiro atoms. The van der Waals surface area contributed by atoms with Gasteiger partial charge in [-0.25, -0.2) is 0 Å². The van der Waals surface area contributed by atoms with Crippen LogP contribution in [0.1, 0.15) is 58.3 Å². The number of nitrogens with zero attached hydrogens (tertiary/aromatic N) is 1. The maximum atomic E-state index is 2.33. The molecule has 0 aromatic rings. The van der Waals surface area contributed by atoms with Gasteiger partial charge in [-0.15, -0.1) is 0 Å². The van der Waals surface area contributed by atoms with Gasteiger partial charge < -0.3 is 4.90 Å². The van der Waals surface area contributed by atoms with Crippen LogP contribution in [-0.4, -0.2) is 25.5 Å². The Morgan fingerprint density at radius 2 is 1.40 bits per heavy atom. The van der Waals surface area contributed by atoms with Crippen molar-refractivity contribution in [1.29, 1.82) is 0 Å². The van der Waals surface area contributed by atoms with Crippen molar-refractivity contribution in [2.45, 2.75) is 58.3 Å². The van der Waals surface area contributed by atoms with Gasteiger partial charge in [0.2, 0.25) is 0 Å². The lowest BCUT2D eigenvalue weighted by Crippen LogP contribution is -2.12. The maximum Gasteiger partial charge on any atom is -0.00248 e. The molecule has 0 fully saturated rings. The van der Waals surface area contributed by atoms with Crippen LogP contribution in [0, 0.1) is 0 Å². The summed E-state index contributed by atoms with van der Waals surface area (Å²) in [7, 11) is 4.31. The minimum absolute atomic E-state index is 1.19. The summed E-state index contributed by atoms with van der Waals surface area (Å²) in [4.78, 5) is 2.27. The summed E-state index contributed by atoms with van der Waals surface area (Å²) in [6.45, 7) is 3.44. The molecular weight excluding hydrogens is 182 g/mol. The zero-order chi connectivity index (χ0) is 11.4. The van der Waals surface area contributed by atoms with E-state index in [2.05, 4.69) is 38.1 Å². The fourth-order valence-corrected chi connectivity index (χ4v) is 1.68. The Kier molecular flexibility index (Phi) is 11.5. The molecule has 0 rings (SSSR count). The second kappa shape index (κ2) is 11.8. The van der Waals surface area contributed by atoms with E-state index in [4.69, 9.17) is 0 Å². The third kappa shape index (κ3) is 13.7. The van der Waals surface area contributed by atoms with Crippen molar-refractivity contribution in [2.75, 3.05) is 20.6 Å². The third-order valence-corrected chi connectivity index (χ3v) is 2.63. The van der Waals surface area contributed by atoms with Gasteiger partial charge in [-0.2, -0.15) is 0 Å². The minimum Gasteiger partial charge on any atom is -0.309 e. The van der Waals surface area contributed by atoms with Gasteiger partial charge in [-0.1, -0.05) is 44.8 Å². The summed E-state index contributed by atoms with van der Waals surface area (Å²) in [5.41, 5.74) is 0. The van der Waals surface area contributed by atoms with Crippen LogP contribution >= 0.6 is 0 Å². The summed E-state index contributed by atoms with van der Waals surface area (Å²) in [5.74, 6) is 0. The Balaban J connectivity index is 2.96. The summed E-state index contributed by atoms with van der Waals surface area (Å²) >= 11 is 0.